The minimum Gasteiger partial charge on any atom is -0.493 e. The van der Waals surface area contributed by atoms with Gasteiger partial charge in [-0.3, -0.25) is 4.18 Å². The maximum atomic E-state index is 11.2. The molecule has 130 valence electrons. The van der Waals surface area contributed by atoms with Crippen molar-refractivity contribution >= 4 is 15.8 Å². The predicted octanol–water partition coefficient (Wildman–Crippen LogP) is 1.49. The lowest BCUT2D eigenvalue weighted by molar-refractivity contribution is 0.0175. The molecule has 8 heteroatoms. The molecule has 24 heavy (non-hydrogen) atoms. The van der Waals surface area contributed by atoms with E-state index < -0.39 is 16.2 Å². The highest BCUT2D eigenvalue weighted by Crippen LogP contribution is 2.39. The smallest absolute Gasteiger partial charge is 0.264 e. The third-order valence-electron chi connectivity index (χ3n) is 4.49. The standard InChI is InChI=1S/C16H19NO6S/c1-24(18,19)22-9-15-12-8-21-14-7-13-10(4-2-3-5-20-13)6-11(14)16(12)17-23-15/h6-7,12,15H,2-5,8-9H2,1H3. The first-order valence-corrected chi connectivity index (χ1v) is 9.84. The molecule has 3 aliphatic rings. The van der Waals surface area contributed by atoms with E-state index in [1.165, 1.54) is 0 Å². The number of benzene rings is 1. The SMILES string of the molecule is CS(=O)(=O)OCC1ON=C2c3cc4c(cc3OCC21)OCCCC4. The Hall–Kier alpha value is -1.80. The Morgan fingerprint density at radius 3 is 2.96 bits per heavy atom. The number of rotatable bonds is 3. The summed E-state index contributed by atoms with van der Waals surface area (Å²) in [5, 5.41) is 4.17. The second-order valence-electron chi connectivity index (χ2n) is 6.29. The van der Waals surface area contributed by atoms with Gasteiger partial charge in [0.2, 0.25) is 0 Å². The van der Waals surface area contributed by atoms with Crippen LogP contribution in [-0.4, -0.2) is 46.3 Å². The number of nitrogens with zero attached hydrogens (tertiary/aromatic N) is 1. The highest BCUT2D eigenvalue weighted by molar-refractivity contribution is 7.85. The van der Waals surface area contributed by atoms with Gasteiger partial charge in [0, 0.05) is 11.6 Å². The van der Waals surface area contributed by atoms with E-state index in [4.69, 9.17) is 18.5 Å². The summed E-state index contributed by atoms with van der Waals surface area (Å²) in [5.74, 6) is 1.48. The van der Waals surface area contributed by atoms with Crippen LogP contribution in [0.3, 0.4) is 0 Å². The molecular formula is C16H19NO6S. The third kappa shape index (κ3) is 2.95. The largest absolute Gasteiger partial charge is 0.493 e. The first kappa shape index (κ1) is 15.7. The van der Waals surface area contributed by atoms with E-state index in [2.05, 4.69) is 11.2 Å². The monoisotopic (exact) mass is 353 g/mol. The molecule has 0 radical (unpaired) electrons. The summed E-state index contributed by atoms with van der Waals surface area (Å²) >= 11 is 0. The normalized spacial score (nSPS) is 25.1. The lowest BCUT2D eigenvalue weighted by Gasteiger charge is -2.26. The van der Waals surface area contributed by atoms with Crippen molar-refractivity contribution < 1.29 is 26.9 Å². The zero-order valence-corrected chi connectivity index (χ0v) is 14.2. The molecule has 0 saturated carbocycles. The van der Waals surface area contributed by atoms with E-state index in [9.17, 15) is 8.42 Å². The maximum absolute atomic E-state index is 11.2. The summed E-state index contributed by atoms with van der Waals surface area (Å²) in [6.45, 7) is 1.04. The zero-order valence-electron chi connectivity index (χ0n) is 13.4. The van der Waals surface area contributed by atoms with Crippen LogP contribution in [0.25, 0.3) is 0 Å². The van der Waals surface area contributed by atoms with Crippen LogP contribution in [0.2, 0.25) is 0 Å². The van der Waals surface area contributed by atoms with Gasteiger partial charge in [-0.2, -0.15) is 8.42 Å². The molecule has 0 saturated heterocycles. The predicted molar refractivity (Wildman–Crippen MR) is 86.1 cm³/mol. The third-order valence-corrected chi connectivity index (χ3v) is 5.05. The molecule has 4 rings (SSSR count). The van der Waals surface area contributed by atoms with E-state index in [0.29, 0.717) is 6.61 Å². The molecule has 3 heterocycles. The van der Waals surface area contributed by atoms with Gasteiger partial charge in [-0.1, -0.05) is 5.16 Å². The van der Waals surface area contributed by atoms with Gasteiger partial charge in [0.05, 0.1) is 18.8 Å². The fourth-order valence-electron chi connectivity index (χ4n) is 3.25. The van der Waals surface area contributed by atoms with Crippen molar-refractivity contribution in [2.45, 2.75) is 25.4 Å². The summed E-state index contributed by atoms with van der Waals surface area (Å²) in [6, 6.07) is 3.99. The summed E-state index contributed by atoms with van der Waals surface area (Å²) in [4.78, 5) is 5.41. The van der Waals surface area contributed by atoms with E-state index in [0.717, 1.165) is 60.5 Å². The molecule has 1 aromatic rings. The van der Waals surface area contributed by atoms with Crippen LogP contribution < -0.4 is 9.47 Å². The number of hydrogen-bond donors (Lipinski definition) is 0. The summed E-state index contributed by atoms with van der Waals surface area (Å²) in [7, 11) is -3.51. The van der Waals surface area contributed by atoms with Gasteiger partial charge in [-0.25, -0.2) is 0 Å². The Morgan fingerprint density at radius 2 is 2.12 bits per heavy atom. The summed E-state index contributed by atoms with van der Waals surface area (Å²) in [5.41, 5.74) is 2.84. The lowest BCUT2D eigenvalue weighted by atomic mass is 9.89. The van der Waals surface area contributed by atoms with Crippen molar-refractivity contribution in [3.05, 3.63) is 23.3 Å². The van der Waals surface area contributed by atoms with Crippen molar-refractivity contribution in [3.8, 4) is 11.5 Å². The average molecular weight is 353 g/mol. The molecule has 1 aromatic carbocycles. The summed E-state index contributed by atoms with van der Waals surface area (Å²) in [6.07, 6.45) is 3.65. The molecule has 0 amide bonds. The van der Waals surface area contributed by atoms with Crippen molar-refractivity contribution in [3.63, 3.8) is 0 Å². The number of aryl methyl sites for hydroxylation is 1. The number of hydrogen-bond acceptors (Lipinski definition) is 7. The molecule has 0 bridgehead atoms. The van der Waals surface area contributed by atoms with Crippen LogP contribution in [0.1, 0.15) is 24.0 Å². The van der Waals surface area contributed by atoms with Crippen LogP contribution in [0, 0.1) is 5.92 Å². The Kier molecular flexibility index (Phi) is 3.88. The van der Waals surface area contributed by atoms with Gasteiger partial charge >= 0.3 is 0 Å². The Balaban J connectivity index is 1.59. The average Bonchev–Trinajstić information content (AvgIpc) is 2.81. The van der Waals surface area contributed by atoms with Crippen LogP contribution in [0.4, 0.5) is 0 Å². The first-order chi connectivity index (χ1) is 11.5. The molecule has 0 aromatic heterocycles. The van der Waals surface area contributed by atoms with E-state index >= 15 is 0 Å². The van der Waals surface area contributed by atoms with Crippen molar-refractivity contribution in [2.75, 3.05) is 26.1 Å². The van der Waals surface area contributed by atoms with E-state index in [1.807, 2.05) is 6.07 Å². The number of ether oxygens (including phenoxy) is 2. The van der Waals surface area contributed by atoms with Crippen LogP contribution in [0.5, 0.6) is 11.5 Å². The summed E-state index contributed by atoms with van der Waals surface area (Å²) < 4.78 is 38.9. The van der Waals surface area contributed by atoms with Gasteiger partial charge in [0.1, 0.15) is 30.4 Å². The molecule has 3 aliphatic heterocycles. The Labute approximate surface area is 140 Å². The first-order valence-electron chi connectivity index (χ1n) is 8.02. The van der Waals surface area contributed by atoms with Gasteiger partial charge in [-0.15, -0.1) is 0 Å². The van der Waals surface area contributed by atoms with Gasteiger partial charge in [-0.05, 0) is 30.9 Å². The van der Waals surface area contributed by atoms with E-state index in [-0.39, 0.29) is 12.5 Å². The molecule has 2 unspecified atom stereocenters. The van der Waals surface area contributed by atoms with Crippen LogP contribution in [0.15, 0.2) is 17.3 Å². The Bertz CT molecular complexity index is 788. The molecule has 2 atom stereocenters. The molecule has 7 nitrogen and oxygen atoms in total. The van der Waals surface area contributed by atoms with Gasteiger partial charge in [0.25, 0.3) is 10.1 Å². The number of fused-ring (bicyclic) bond motifs is 4. The van der Waals surface area contributed by atoms with Crippen molar-refractivity contribution in [2.24, 2.45) is 11.1 Å². The van der Waals surface area contributed by atoms with Gasteiger partial charge in [0.15, 0.2) is 6.10 Å². The quantitative estimate of drug-likeness (QED) is 0.766. The molecule has 0 N–H and O–H groups in total. The fourth-order valence-corrected chi connectivity index (χ4v) is 3.63. The Morgan fingerprint density at radius 1 is 1.25 bits per heavy atom. The lowest BCUT2D eigenvalue weighted by Crippen LogP contribution is -2.36. The minimum absolute atomic E-state index is 0.0662. The topological polar surface area (TPSA) is 83.4 Å². The maximum Gasteiger partial charge on any atom is 0.264 e. The molecule has 0 aliphatic carbocycles. The van der Waals surface area contributed by atoms with Gasteiger partial charge < -0.3 is 14.3 Å². The second kappa shape index (κ2) is 5.93. The zero-order chi connectivity index (χ0) is 16.7. The molecule has 0 fully saturated rings. The molecule has 0 spiro atoms. The minimum atomic E-state index is -3.51. The molecular weight excluding hydrogens is 334 g/mol. The second-order valence-corrected chi connectivity index (χ2v) is 7.93. The van der Waals surface area contributed by atoms with E-state index in [1.54, 1.807) is 0 Å². The highest BCUT2D eigenvalue weighted by Gasteiger charge is 2.41. The highest BCUT2D eigenvalue weighted by atomic mass is 32.2. The fraction of sp³-hybridized carbons (Fsp3) is 0.562. The number of oxime groups is 1. The van der Waals surface area contributed by atoms with Crippen molar-refractivity contribution in [1.29, 1.82) is 0 Å². The van der Waals surface area contributed by atoms with Crippen LogP contribution in [-0.2, 0) is 25.6 Å². The van der Waals surface area contributed by atoms with Crippen LogP contribution >= 0.6 is 0 Å². The van der Waals surface area contributed by atoms with Crippen molar-refractivity contribution in [1.82, 2.24) is 0 Å².